The number of nitrogens with two attached hydrogens (primary N) is 1. The van der Waals surface area contributed by atoms with Crippen LogP contribution in [-0.4, -0.2) is 59.5 Å². The van der Waals surface area contributed by atoms with Gasteiger partial charge in [-0.15, -0.1) is 0 Å². The summed E-state index contributed by atoms with van der Waals surface area (Å²) in [5, 5.41) is 11.5. The highest BCUT2D eigenvalue weighted by Gasteiger charge is 2.23. The smallest absolute Gasteiger partial charge is 0.255 e. The summed E-state index contributed by atoms with van der Waals surface area (Å²) >= 11 is 3.21. The first-order valence-corrected chi connectivity index (χ1v) is 7.23. The van der Waals surface area contributed by atoms with Gasteiger partial charge in [-0.05, 0) is 34.1 Å². The lowest BCUT2D eigenvalue weighted by atomic mass is 10.1. The van der Waals surface area contributed by atoms with E-state index in [2.05, 4.69) is 21.1 Å². The second-order valence-corrected chi connectivity index (χ2v) is 5.64. The first kappa shape index (κ1) is 15.7. The Bertz CT molecular complexity index is 559. The van der Waals surface area contributed by atoms with Gasteiger partial charge in [-0.1, -0.05) is 5.16 Å². The van der Waals surface area contributed by atoms with E-state index in [0.29, 0.717) is 42.8 Å². The van der Waals surface area contributed by atoms with Gasteiger partial charge >= 0.3 is 0 Å². The minimum absolute atomic E-state index is 0.134. The third-order valence-corrected chi connectivity index (χ3v) is 3.99. The van der Waals surface area contributed by atoms with Crippen molar-refractivity contribution in [3.63, 3.8) is 0 Å². The topological polar surface area (TPSA) is 82.2 Å². The number of oxime groups is 1. The van der Waals surface area contributed by atoms with Crippen molar-refractivity contribution in [1.82, 2.24) is 9.80 Å². The lowest BCUT2D eigenvalue weighted by molar-refractivity contribution is 0.0652. The first-order chi connectivity index (χ1) is 10.0. The maximum atomic E-state index is 13.1. The van der Waals surface area contributed by atoms with Crippen LogP contribution in [0.25, 0.3) is 0 Å². The molecule has 114 valence electrons. The molecule has 1 aliphatic heterocycles. The van der Waals surface area contributed by atoms with Crippen molar-refractivity contribution in [3.05, 3.63) is 34.1 Å². The summed E-state index contributed by atoms with van der Waals surface area (Å²) in [7, 11) is 0. The Labute approximate surface area is 130 Å². The molecule has 0 radical (unpaired) electrons. The van der Waals surface area contributed by atoms with E-state index in [1.165, 1.54) is 18.2 Å². The van der Waals surface area contributed by atoms with Gasteiger partial charge in [0.25, 0.3) is 5.91 Å². The molecule has 21 heavy (non-hydrogen) atoms. The molecule has 1 aromatic carbocycles. The van der Waals surface area contributed by atoms with Crippen LogP contribution in [0.5, 0.6) is 0 Å². The Balaban J connectivity index is 1.97. The molecule has 0 aliphatic carbocycles. The summed E-state index contributed by atoms with van der Waals surface area (Å²) in [5.74, 6) is -0.372. The highest BCUT2D eigenvalue weighted by Crippen LogP contribution is 2.20. The molecular formula is C13H16BrFN4O2. The van der Waals surface area contributed by atoms with E-state index in [0.717, 1.165) is 0 Å². The van der Waals surface area contributed by atoms with Crippen LogP contribution < -0.4 is 5.73 Å². The Kier molecular flexibility index (Phi) is 5.13. The maximum Gasteiger partial charge on any atom is 0.255 e. The molecular weight excluding hydrogens is 343 g/mol. The number of amidine groups is 1. The molecule has 0 unspecified atom stereocenters. The molecule has 1 heterocycles. The van der Waals surface area contributed by atoms with E-state index in [1.807, 2.05) is 4.90 Å². The zero-order chi connectivity index (χ0) is 15.4. The highest BCUT2D eigenvalue weighted by molar-refractivity contribution is 9.10. The number of rotatable bonds is 3. The van der Waals surface area contributed by atoms with Crippen molar-refractivity contribution >= 4 is 27.7 Å². The van der Waals surface area contributed by atoms with Crippen LogP contribution in [0.3, 0.4) is 0 Å². The van der Waals surface area contributed by atoms with Gasteiger partial charge in [0.05, 0.1) is 12.1 Å². The second-order valence-electron chi connectivity index (χ2n) is 4.78. The van der Waals surface area contributed by atoms with Crippen molar-refractivity contribution < 1.29 is 14.4 Å². The van der Waals surface area contributed by atoms with Gasteiger partial charge in [0.2, 0.25) is 0 Å². The monoisotopic (exact) mass is 358 g/mol. The van der Waals surface area contributed by atoms with E-state index in [1.54, 1.807) is 4.90 Å². The summed E-state index contributed by atoms with van der Waals surface area (Å²) in [5.41, 5.74) is 5.91. The third-order valence-electron chi connectivity index (χ3n) is 3.34. The number of carbonyl (C=O) groups excluding carboxylic acids is 1. The average Bonchev–Trinajstić information content (AvgIpc) is 2.47. The normalized spacial score (nSPS) is 17.0. The standard InChI is InChI=1S/C13H16BrFN4O2/c14-11-7-9(15)1-2-10(11)13(20)19-5-3-18(4-6-19)8-12(16)17-21/h1-2,7,21H,3-6,8H2,(H2,16,17). The van der Waals surface area contributed by atoms with Crippen molar-refractivity contribution in [2.75, 3.05) is 32.7 Å². The molecule has 6 nitrogen and oxygen atoms in total. The summed E-state index contributed by atoms with van der Waals surface area (Å²) in [6.07, 6.45) is 0. The van der Waals surface area contributed by atoms with Gasteiger partial charge in [-0.3, -0.25) is 9.69 Å². The SMILES string of the molecule is NC(CN1CCN(C(=O)c2ccc(F)cc2Br)CC1)=NO. The van der Waals surface area contributed by atoms with Gasteiger partial charge < -0.3 is 15.8 Å². The lowest BCUT2D eigenvalue weighted by Crippen LogP contribution is -2.50. The molecule has 0 spiro atoms. The number of hydrogen-bond acceptors (Lipinski definition) is 4. The number of amides is 1. The molecule has 0 atom stereocenters. The van der Waals surface area contributed by atoms with Gasteiger partial charge in [0, 0.05) is 30.7 Å². The van der Waals surface area contributed by atoms with E-state index >= 15 is 0 Å². The van der Waals surface area contributed by atoms with E-state index in [9.17, 15) is 9.18 Å². The molecule has 1 saturated heterocycles. The van der Waals surface area contributed by atoms with Crippen LogP contribution >= 0.6 is 15.9 Å². The van der Waals surface area contributed by atoms with E-state index in [-0.39, 0.29) is 17.6 Å². The fraction of sp³-hybridized carbons (Fsp3) is 0.385. The molecule has 1 aromatic rings. The number of nitrogens with zero attached hydrogens (tertiary/aromatic N) is 3. The number of halogens is 2. The minimum Gasteiger partial charge on any atom is -0.409 e. The van der Waals surface area contributed by atoms with Gasteiger partial charge in [-0.25, -0.2) is 4.39 Å². The summed E-state index contributed by atoms with van der Waals surface area (Å²) < 4.78 is 13.5. The molecule has 8 heteroatoms. The average molecular weight is 359 g/mol. The van der Waals surface area contributed by atoms with Gasteiger partial charge in [-0.2, -0.15) is 0 Å². The number of carbonyl (C=O) groups is 1. The third kappa shape index (κ3) is 3.92. The molecule has 3 N–H and O–H groups in total. The fourth-order valence-electron chi connectivity index (χ4n) is 2.20. The van der Waals surface area contributed by atoms with Crippen LogP contribution in [0.1, 0.15) is 10.4 Å². The van der Waals surface area contributed by atoms with E-state index < -0.39 is 0 Å². The Morgan fingerprint density at radius 2 is 2.05 bits per heavy atom. The van der Waals surface area contributed by atoms with Gasteiger partial charge in [0.1, 0.15) is 5.82 Å². The summed E-state index contributed by atoms with van der Waals surface area (Å²) in [4.78, 5) is 16.1. The molecule has 1 amide bonds. The van der Waals surface area contributed by atoms with E-state index in [4.69, 9.17) is 10.9 Å². The molecule has 1 fully saturated rings. The minimum atomic E-state index is -0.387. The van der Waals surface area contributed by atoms with Crippen LogP contribution in [0.2, 0.25) is 0 Å². The highest BCUT2D eigenvalue weighted by atomic mass is 79.9. The first-order valence-electron chi connectivity index (χ1n) is 6.44. The largest absolute Gasteiger partial charge is 0.409 e. The quantitative estimate of drug-likeness (QED) is 0.366. The zero-order valence-corrected chi connectivity index (χ0v) is 12.9. The predicted octanol–water partition coefficient (Wildman–Crippen LogP) is 1.09. The van der Waals surface area contributed by atoms with Crippen LogP contribution in [0, 0.1) is 5.82 Å². The zero-order valence-electron chi connectivity index (χ0n) is 11.3. The van der Waals surface area contributed by atoms with Crippen molar-refractivity contribution in [3.8, 4) is 0 Å². The Morgan fingerprint density at radius 1 is 1.38 bits per heavy atom. The number of benzene rings is 1. The van der Waals surface area contributed by atoms with Gasteiger partial charge in [0.15, 0.2) is 5.84 Å². The second kappa shape index (κ2) is 6.86. The summed E-state index contributed by atoms with van der Waals surface area (Å²) in [6, 6.07) is 4.03. The maximum absolute atomic E-state index is 13.1. The lowest BCUT2D eigenvalue weighted by Gasteiger charge is -2.34. The predicted molar refractivity (Wildman–Crippen MR) is 79.9 cm³/mol. The molecule has 0 bridgehead atoms. The molecule has 2 rings (SSSR count). The molecule has 0 saturated carbocycles. The van der Waals surface area contributed by atoms with Crippen molar-refractivity contribution in [2.45, 2.75) is 0 Å². The summed E-state index contributed by atoms with van der Waals surface area (Å²) in [6.45, 7) is 2.74. The Hall–Kier alpha value is -1.67. The van der Waals surface area contributed by atoms with Crippen molar-refractivity contribution in [2.24, 2.45) is 10.9 Å². The van der Waals surface area contributed by atoms with Crippen LogP contribution in [-0.2, 0) is 0 Å². The molecule has 1 aliphatic rings. The van der Waals surface area contributed by atoms with Crippen LogP contribution in [0.15, 0.2) is 27.8 Å². The number of hydrogen-bond donors (Lipinski definition) is 2. The van der Waals surface area contributed by atoms with Crippen LogP contribution in [0.4, 0.5) is 4.39 Å². The number of piperazine rings is 1. The Morgan fingerprint density at radius 3 is 2.62 bits per heavy atom. The fourth-order valence-corrected chi connectivity index (χ4v) is 2.72. The van der Waals surface area contributed by atoms with Crippen molar-refractivity contribution in [1.29, 1.82) is 0 Å². The molecule has 0 aromatic heterocycles.